The van der Waals surface area contributed by atoms with Gasteiger partial charge in [0.05, 0.1) is 14.2 Å². The van der Waals surface area contributed by atoms with E-state index in [9.17, 15) is 14.4 Å². The van der Waals surface area contributed by atoms with Gasteiger partial charge in [0, 0.05) is 30.8 Å². The number of nitrogens with one attached hydrogen (secondary N) is 1. The fourth-order valence-electron chi connectivity index (χ4n) is 4.41. The zero-order valence-electron chi connectivity index (χ0n) is 17.8. The zero-order chi connectivity index (χ0) is 21.6. The molecule has 1 aromatic heterocycles. The molecule has 0 saturated carbocycles. The molecule has 1 amide bonds. The van der Waals surface area contributed by atoms with Crippen molar-refractivity contribution in [2.24, 2.45) is 5.41 Å². The molecular formula is C23H26N2O5. The summed E-state index contributed by atoms with van der Waals surface area (Å²) >= 11 is 0. The lowest BCUT2D eigenvalue weighted by Crippen LogP contribution is -2.39. The quantitative estimate of drug-likeness (QED) is 0.841. The number of fused-ring (bicyclic) bond motifs is 2. The van der Waals surface area contributed by atoms with Crippen LogP contribution in [0.15, 0.2) is 23.0 Å². The number of hydrogen-bond donors (Lipinski definition) is 1. The lowest BCUT2D eigenvalue weighted by molar-refractivity contribution is 0.0732. The summed E-state index contributed by atoms with van der Waals surface area (Å²) in [5.41, 5.74) is 2.51. The Balaban J connectivity index is 1.64. The largest absolute Gasteiger partial charge is 0.493 e. The summed E-state index contributed by atoms with van der Waals surface area (Å²) in [6.45, 7) is 4.85. The molecule has 0 saturated heterocycles. The first kappa shape index (κ1) is 20.2. The zero-order valence-corrected chi connectivity index (χ0v) is 17.8. The minimum Gasteiger partial charge on any atom is -0.493 e. The Morgan fingerprint density at radius 1 is 1.03 bits per heavy atom. The molecule has 0 bridgehead atoms. The summed E-state index contributed by atoms with van der Waals surface area (Å²) in [5, 5.41) is 0. The van der Waals surface area contributed by atoms with Gasteiger partial charge in [-0.1, -0.05) is 13.8 Å². The fraction of sp³-hybridized carbons (Fsp3) is 0.435. The van der Waals surface area contributed by atoms with Gasteiger partial charge in [-0.3, -0.25) is 14.4 Å². The number of aromatic nitrogens is 1. The first-order valence-electron chi connectivity index (χ1n) is 10.0. The molecule has 1 aliphatic carbocycles. The van der Waals surface area contributed by atoms with Crippen LogP contribution in [0.25, 0.3) is 0 Å². The van der Waals surface area contributed by atoms with Gasteiger partial charge in [-0.05, 0) is 47.6 Å². The normalized spacial score (nSPS) is 17.2. The highest BCUT2D eigenvalue weighted by molar-refractivity contribution is 6.02. The SMILES string of the molecule is COc1cc2c(cc1OC)CN(C(=O)c1cc3c([nH]c1=O)CC(C)(C)CC3=O)CC2. The number of H-pyrrole nitrogens is 1. The van der Waals surface area contributed by atoms with Crippen LogP contribution in [0.5, 0.6) is 11.5 Å². The van der Waals surface area contributed by atoms with Crippen molar-refractivity contribution in [3.05, 3.63) is 56.5 Å². The number of aromatic amines is 1. The number of methoxy groups -OCH3 is 2. The van der Waals surface area contributed by atoms with E-state index in [1.807, 2.05) is 26.0 Å². The number of hydrogen-bond acceptors (Lipinski definition) is 5. The number of carbonyl (C=O) groups excluding carboxylic acids is 2. The maximum absolute atomic E-state index is 13.2. The molecule has 1 aliphatic heterocycles. The average Bonchev–Trinajstić information content (AvgIpc) is 2.70. The van der Waals surface area contributed by atoms with Crippen LogP contribution in [0.4, 0.5) is 0 Å². The number of pyridine rings is 1. The van der Waals surface area contributed by atoms with Crippen molar-refractivity contribution in [1.29, 1.82) is 0 Å². The van der Waals surface area contributed by atoms with Crippen LogP contribution in [-0.2, 0) is 19.4 Å². The summed E-state index contributed by atoms with van der Waals surface area (Å²) in [6, 6.07) is 5.29. The summed E-state index contributed by atoms with van der Waals surface area (Å²) in [4.78, 5) is 42.9. The van der Waals surface area contributed by atoms with E-state index in [0.29, 0.717) is 55.1 Å². The number of nitrogens with zero attached hydrogens (tertiary/aromatic N) is 1. The first-order chi connectivity index (χ1) is 14.2. The van der Waals surface area contributed by atoms with Crippen LogP contribution in [0.1, 0.15) is 57.8 Å². The van der Waals surface area contributed by atoms with Crippen molar-refractivity contribution in [3.8, 4) is 11.5 Å². The first-order valence-corrected chi connectivity index (χ1v) is 10.0. The smallest absolute Gasteiger partial charge is 0.261 e. The van der Waals surface area contributed by atoms with Crippen LogP contribution >= 0.6 is 0 Å². The average molecular weight is 410 g/mol. The van der Waals surface area contributed by atoms with Gasteiger partial charge in [-0.2, -0.15) is 0 Å². The molecule has 158 valence electrons. The molecule has 0 atom stereocenters. The lowest BCUT2D eigenvalue weighted by atomic mass is 9.75. The third-order valence-electron chi connectivity index (χ3n) is 5.95. The molecular weight excluding hydrogens is 384 g/mol. The molecule has 2 aliphatic rings. The summed E-state index contributed by atoms with van der Waals surface area (Å²) in [6.07, 6.45) is 1.66. The number of amides is 1. The molecule has 7 heteroatoms. The molecule has 0 spiro atoms. The number of ketones is 1. The second kappa shape index (κ2) is 7.31. The molecule has 1 N–H and O–H groups in total. The van der Waals surface area contributed by atoms with E-state index in [-0.39, 0.29) is 22.7 Å². The molecule has 2 heterocycles. The van der Waals surface area contributed by atoms with Crippen molar-refractivity contribution < 1.29 is 19.1 Å². The van der Waals surface area contributed by atoms with Gasteiger partial charge in [-0.15, -0.1) is 0 Å². The van der Waals surface area contributed by atoms with E-state index in [0.717, 1.165) is 11.1 Å². The van der Waals surface area contributed by atoms with Gasteiger partial charge in [-0.25, -0.2) is 0 Å². The van der Waals surface area contributed by atoms with Crippen LogP contribution in [-0.4, -0.2) is 42.3 Å². The van der Waals surface area contributed by atoms with Crippen molar-refractivity contribution >= 4 is 11.7 Å². The Morgan fingerprint density at radius 2 is 1.70 bits per heavy atom. The van der Waals surface area contributed by atoms with Gasteiger partial charge in [0.25, 0.3) is 11.5 Å². The Kier molecular flexibility index (Phi) is 4.92. The number of carbonyl (C=O) groups is 2. The monoisotopic (exact) mass is 410 g/mol. The fourth-order valence-corrected chi connectivity index (χ4v) is 4.41. The van der Waals surface area contributed by atoms with E-state index < -0.39 is 5.56 Å². The van der Waals surface area contributed by atoms with Gasteiger partial charge in [0.15, 0.2) is 17.3 Å². The highest BCUT2D eigenvalue weighted by Crippen LogP contribution is 2.35. The minimum absolute atomic E-state index is 0.0192. The van der Waals surface area contributed by atoms with Crippen LogP contribution in [0.3, 0.4) is 0 Å². The van der Waals surface area contributed by atoms with E-state index in [1.54, 1.807) is 19.1 Å². The second-order valence-corrected chi connectivity index (χ2v) is 8.80. The van der Waals surface area contributed by atoms with Crippen molar-refractivity contribution in [3.63, 3.8) is 0 Å². The lowest BCUT2D eigenvalue weighted by Gasteiger charge is -2.31. The van der Waals surface area contributed by atoms with Crippen molar-refractivity contribution in [2.45, 2.75) is 39.7 Å². The van der Waals surface area contributed by atoms with Crippen LogP contribution < -0.4 is 15.0 Å². The van der Waals surface area contributed by atoms with Crippen molar-refractivity contribution in [1.82, 2.24) is 9.88 Å². The second-order valence-electron chi connectivity index (χ2n) is 8.80. The van der Waals surface area contributed by atoms with Gasteiger partial charge in [0.1, 0.15) is 5.56 Å². The third-order valence-corrected chi connectivity index (χ3v) is 5.95. The number of Topliss-reactive ketones (excluding diaryl/α,β-unsaturated/α-hetero) is 1. The topological polar surface area (TPSA) is 88.7 Å². The van der Waals surface area contributed by atoms with Gasteiger partial charge >= 0.3 is 0 Å². The summed E-state index contributed by atoms with van der Waals surface area (Å²) in [7, 11) is 3.16. The Morgan fingerprint density at radius 3 is 2.37 bits per heavy atom. The highest BCUT2D eigenvalue weighted by atomic mass is 16.5. The summed E-state index contributed by atoms with van der Waals surface area (Å²) in [5.74, 6) is 0.860. The molecule has 7 nitrogen and oxygen atoms in total. The van der Waals surface area contributed by atoms with E-state index >= 15 is 0 Å². The molecule has 4 rings (SSSR count). The number of benzene rings is 1. The Labute approximate surface area is 175 Å². The maximum atomic E-state index is 13.2. The number of ether oxygens (including phenoxy) is 2. The highest BCUT2D eigenvalue weighted by Gasteiger charge is 2.33. The predicted molar refractivity (Wildman–Crippen MR) is 111 cm³/mol. The standard InChI is InChI=1S/C23H26N2O5/c1-23(2)10-17-15(18(26)11-23)9-16(21(27)24-17)22(28)25-6-5-13-7-19(29-3)20(30-4)8-14(13)12-25/h7-9H,5-6,10-12H2,1-4H3,(H,24,27). The number of rotatable bonds is 3. The molecule has 2 aromatic rings. The van der Waals surface area contributed by atoms with Crippen molar-refractivity contribution in [2.75, 3.05) is 20.8 Å². The van der Waals surface area contributed by atoms with E-state index in [2.05, 4.69) is 4.98 Å². The van der Waals surface area contributed by atoms with E-state index in [4.69, 9.17) is 9.47 Å². The summed E-state index contributed by atoms with van der Waals surface area (Å²) < 4.78 is 10.7. The molecule has 30 heavy (non-hydrogen) atoms. The van der Waals surface area contributed by atoms with Crippen LogP contribution in [0, 0.1) is 5.41 Å². The maximum Gasteiger partial charge on any atom is 0.261 e. The molecule has 0 radical (unpaired) electrons. The Hall–Kier alpha value is -3.09. The predicted octanol–water partition coefficient (Wildman–Crippen LogP) is 2.75. The van der Waals surface area contributed by atoms with E-state index in [1.165, 1.54) is 6.07 Å². The van der Waals surface area contributed by atoms with Crippen LogP contribution in [0.2, 0.25) is 0 Å². The molecule has 0 unspecified atom stereocenters. The molecule has 1 aromatic carbocycles. The van der Waals surface area contributed by atoms with Gasteiger partial charge < -0.3 is 19.4 Å². The molecule has 0 fully saturated rings. The van der Waals surface area contributed by atoms with Gasteiger partial charge in [0.2, 0.25) is 0 Å². The third kappa shape index (κ3) is 3.49. The minimum atomic E-state index is -0.442. The Bertz CT molecular complexity index is 1100.